The molecule has 0 atom stereocenters. The van der Waals surface area contributed by atoms with Crippen molar-refractivity contribution in [3.63, 3.8) is 0 Å². The predicted octanol–water partition coefficient (Wildman–Crippen LogP) is 4.17. The molecule has 0 unspecified atom stereocenters. The number of rotatable bonds is 6. The minimum Gasteiger partial charge on any atom is -0.493 e. The average Bonchev–Trinajstić information content (AvgIpc) is 3.24. The van der Waals surface area contributed by atoms with Crippen molar-refractivity contribution in [3.8, 4) is 22.8 Å². The molecular weight excluding hydrogens is 400 g/mol. The Balaban J connectivity index is 1.72. The van der Waals surface area contributed by atoms with Gasteiger partial charge in [0.1, 0.15) is 5.15 Å². The van der Waals surface area contributed by atoms with E-state index in [1.165, 1.54) is 17.4 Å². The van der Waals surface area contributed by atoms with Crippen LogP contribution in [-0.4, -0.2) is 34.9 Å². The zero-order valence-electron chi connectivity index (χ0n) is 15.8. The van der Waals surface area contributed by atoms with E-state index in [4.69, 9.17) is 21.1 Å². The van der Waals surface area contributed by atoms with Gasteiger partial charge in [-0.15, -0.1) is 11.3 Å². The number of hydrogen-bond donors (Lipinski definition) is 1. The fourth-order valence-electron chi connectivity index (χ4n) is 2.60. The van der Waals surface area contributed by atoms with Crippen molar-refractivity contribution in [2.75, 3.05) is 19.5 Å². The molecule has 3 rings (SSSR count). The molecule has 0 saturated carbocycles. The van der Waals surface area contributed by atoms with E-state index in [0.29, 0.717) is 27.3 Å². The molecule has 2 heterocycles. The van der Waals surface area contributed by atoms with Gasteiger partial charge in [0.15, 0.2) is 16.6 Å². The van der Waals surface area contributed by atoms with Gasteiger partial charge in [-0.05, 0) is 31.2 Å². The van der Waals surface area contributed by atoms with E-state index in [0.717, 1.165) is 17.0 Å². The number of carbonyl (C=O) groups is 1. The standard InChI is InChI=1S/C19H19ClN4O3S/c1-11-13(18(20)24(2)23-11)6-8-17(25)22-19-21-14(10-28-19)12-5-7-15(26-3)16(9-12)27-4/h5-10H,1-4H3,(H,21,22,25)/b8-6+. The first-order chi connectivity index (χ1) is 13.4. The molecule has 9 heteroatoms. The lowest BCUT2D eigenvalue weighted by atomic mass is 10.1. The first-order valence-corrected chi connectivity index (χ1v) is 9.54. The van der Waals surface area contributed by atoms with E-state index in [1.807, 2.05) is 30.5 Å². The summed E-state index contributed by atoms with van der Waals surface area (Å²) < 4.78 is 12.1. The molecule has 2 aromatic heterocycles. The number of methoxy groups -OCH3 is 2. The SMILES string of the molecule is COc1ccc(-c2csc(NC(=O)/C=C/c3c(C)nn(C)c3Cl)n2)cc1OC. The molecule has 0 fully saturated rings. The Kier molecular flexibility index (Phi) is 6.01. The number of carbonyl (C=O) groups excluding carboxylic acids is 1. The topological polar surface area (TPSA) is 78.3 Å². The molecule has 7 nitrogen and oxygen atoms in total. The summed E-state index contributed by atoms with van der Waals surface area (Å²) in [4.78, 5) is 16.7. The maximum atomic E-state index is 12.2. The van der Waals surface area contributed by atoms with Crippen LogP contribution in [0.25, 0.3) is 17.3 Å². The number of thiazole rings is 1. The van der Waals surface area contributed by atoms with Crippen LogP contribution in [0.15, 0.2) is 29.7 Å². The lowest BCUT2D eigenvalue weighted by Gasteiger charge is -2.08. The second-order valence-electron chi connectivity index (χ2n) is 5.84. The van der Waals surface area contributed by atoms with Crippen LogP contribution in [0.1, 0.15) is 11.3 Å². The first kappa shape index (κ1) is 19.9. The van der Waals surface area contributed by atoms with Crippen LogP contribution in [0.4, 0.5) is 5.13 Å². The lowest BCUT2D eigenvalue weighted by Crippen LogP contribution is -2.07. The minimum absolute atomic E-state index is 0.299. The van der Waals surface area contributed by atoms with Crippen LogP contribution < -0.4 is 14.8 Å². The zero-order chi connectivity index (χ0) is 20.3. The highest BCUT2D eigenvalue weighted by Gasteiger charge is 2.11. The van der Waals surface area contributed by atoms with Crippen molar-refractivity contribution in [2.24, 2.45) is 7.05 Å². The molecule has 0 saturated heterocycles. The van der Waals surface area contributed by atoms with Crippen LogP contribution in [0.5, 0.6) is 11.5 Å². The molecule has 1 N–H and O–H groups in total. The van der Waals surface area contributed by atoms with Gasteiger partial charge < -0.3 is 9.47 Å². The van der Waals surface area contributed by atoms with Gasteiger partial charge in [0.2, 0.25) is 5.91 Å². The number of amides is 1. The van der Waals surface area contributed by atoms with Crippen LogP contribution in [0.3, 0.4) is 0 Å². The summed E-state index contributed by atoms with van der Waals surface area (Å²) in [5.74, 6) is 0.960. The minimum atomic E-state index is -0.299. The summed E-state index contributed by atoms with van der Waals surface area (Å²) in [6.07, 6.45) is 3.05. The molecule has 0 aliphatic carbocycles. The second kappa shape index (κ2) is 8.45. The Bertz CT molecular complexity index is 1040. The normalized spacial score (nSPS) is 11.0. The average molecular weight is 419 g/mol. The predicted molar refractivity (Wildman–Crippen MR) is 111 cm³/mol. The van der Waals surface area contributed by atoms with Gasteiger partial charge in [-0.2, -0.15) is 5.10 Å². The van der Waals surface area contributed by atoms with Crippen molar-refractivity contribution in [2.45, 2.75) is 6.92 Å². The first-order valence-electron chi connectivity index (χ1n) is 8.29. The van der Waals surface area contributed by atoms with Crippen molar-refractivity contribution in [1.29, 1.82) is 0 Å². The molecule has 28 heavy (non-hydrogen) atoms. The third-order valence-corrected chi connectivity index (χ3v) is 5.22. The Hall–Kier alpha value is -2.84. The lowest BCUT2D eigenvalue weighted by molar-refractivity contribution is -0.111. The monoisotopic (exact) mass is 418 g/mol. The van der Waals surface area contributed by atoms with Gasteiger partial charge in [-0.25, -0.2) is 4.98 Å². The van der Waals surface area contributed by atoms with Gasteiger partial charge >= 0.3 is 0 Å². The number of hydrogen-bond acceptors (Lipinski definition) is 6. The van der Waals surface area contributed by atoms with E-state index in [1.54, 1.807) is 32.0 Å². The number of aryl methyl sites for hydroxylation is 2. The highest BCUT2D eigenvalue weighted by molar-refractivity contribution is 7.14. The molecule has 0 bridgehead atoms. The molecular formula is C19H19ClN4O3S. The zero-order valence-corrected chi connectivity index (χ0v) is 17.4. The Morgan fingerprint density at radius 1 is 1.29 bits per heavy atom. The summed E-state index contributed by atoms with van der Waals surface area (Å²) in [6, 6.07) is 5.54. The molecule has 0 radical (unpaired) electrons. The number of nitrogens with zero attached hydrogens (tertiary/aromatic N) is 3. The number of aromatic nitrogens is 3. The maximum Gasteiger partial charge on any atom is 0.250 e. The quantitative estimate of drug-likeness (QED) is 0.607. The third-order valence-electron chi connectivity index (χ3n) is 4.01. The van der Waals surface area contributed by atoms with Crippen molar-refractivity contribution >= 4 is 40.1 Å². The maximum absolute atomic E-state index is 12.2. The van der Waals surface area contributed by atoms with Gasteiger partial charge in [-0.3, -0.25) is 14.8 Å². The highest BCUT2D eigenvalue weighted by Crippen LogP contribution is 2.33. The van der Waals surface area contributed by atoms with Crippen LogP contribution in [0, 0.1) is 6.92 Å². The molecule has 1 amide bonds. The molecule has 0 aliphatic rings. The Morgan fingerprint density at radius 3 is 2.68 bits per heavy atom. The fourth-order valence-corrected chi connectivity index (χ4v) is 3.56. The highest BCUT2D eigenvalue weighted by atomic mass is 35.5. The van der Waals surface area contributed by atoms with Crippen LogP contribution >= 0.6 is 22.9 Å². The van der Waals surface area contributed by atoms with E-state index < -0.39 is 0 Å². The van der Waals surface area contributed by atoms with Crippen molar-refractivity contribution < 1.29 is 14.3 Å². The van der Waals surface area contributed by atoms with Gasteiger partial charge in [0.25, 0.3) is 0 Å². The van der Waals surface area contributed by atoms with Crippen LogP contribution in [0.2, 0.25) is 5.15 Å². The molecule has 1 aromatic carbocycles. The van der Waals surface area contributed by atoms with E-state index >= 15 is 0 Å². The van der Waals surface area contributed by atoms with E-state index in [9.17, 15) is 4.79 Å². The molecule has 3 aromatic rings. The molecule has 0 spiro atoms. The summed E-state index contributed by atoms with van der Waals surface area (Å²) in [7, 11) is 4.91. The number of anilines is 1. The number of benzene rings is 1. The summed E-state index contributed by atoms with van der Waals surface area (Å²) in [5, 5.41) is 9.80. The molecule has 0 aliphatic heterocycles. The van der Waals surface area contributed by atoms with Crippen LogP contribution in [-0.2, 0) is 11.8 Å². The molecule has 146 valence electrons. The second-order valence-corrected chi connectivity index (χ2v) is 7.06. The largest absolute Gasteiger partial charge is 0.493 e. The van der Waals surface area contributed by atoms with Crippen molar-refractivity contribution in [3.05, 3.63) is 46.1 Å². The Labute approximate surface area is 171 Å². The van der Waals surface area contributed by atoms with Gasteiger partial charge in [0, 0.05) is 29.6 Å². The summed E-state index contributed by atoms with van der Waals surface area (Å²) in [6.45, 7) is 1.83. The number of ether oxygens (including phenoxy) is 2. The third kappa shape index (κ3) is 4.18. The summed E-state index contributed by atoms with van der Waals surface area (Å²) >= 11 is 7.50. The van der Waals surface area contributed by atoms with Gasteiger partial charge in [-0.1, -0.05) is 11.6 Å². The Morgan fingerprint density at radius 2 is 2.04 bits per heavy atom. The van der Waals surface area contributed by atoms with Crippen molar-refractivity contribution in [1.82, 2.24) is 14.8 Å². The van der Waals surface area contributed by atoms with E-state index in [2.05, 4.69) is 15.4 Å². The number of nitrogens with one attached hydrogen (secondary N) is 1. The fraction of sp³-hybridized carbons (Fsp3) is 0.211. The summed E-state index contributed by atoms with van der Waals surface area (Å²) in [5.41, 5.74) is 3.06. The van der Waals surface area contributed by atoms with Gasteiger partial charge in [0.05, 0.1) is 25.6 Å². The van der Waals surface area contributed by atoms with E-state index in [-0.39, 0.29) is 5.91 Å². The smallest absolute Gasteiger partial charge is 0.250 e. The number of halogens is 1.